The van der Waals surface area contributed by atoms with Crippen LogP contribution in [-0.4, -0.2) is 60.8 Å². The van der Waals surface area contributed by atoms with E-state index in [1.165, 1.54) is 12.7 Å². The lowest BCUT2D eigenvalue weighted by Gasteiger charge is -2.28. The number of hydrogen-bond donors (Lipinski definition) is 0. The maximum Gasteiger partial charge on any atom is 0.410 e. The smallest absolute Gasteiger partial charge is 0.410 e. The first-order chi connectivity index (χ1) is 12.2. The van der Waals surface area contributed by atoms with Gasteiger partial charge in [0.15, 0.2) is 0 Å². The number of fused-ring (bicyclic) bond motifs is 1. The monoisotopic (exact) mass is 360 g/mol. The zero-order valence-corrected chi connectivity index (χ0v) is 16.0. The number of esters is 1. The molecule has 1 aromatic rings. The van der Waals surface area contributed by atoms with Gasteiger partial charge in [0.05, 0.1) is 7.11 Å². The van der Waals surface area contributed by atoms with Crippen LogP contribution in [0.25, 0.3) is 0 Å². The van der Waals surface area contributed by atoms with Crippen molar-refractivity contribution < 1.29 is 19.1 Å². The Hall–Kier alpha value is -2.08. The summed E-state index contributed by atoms with van der Waals surface area (Å²) in [6, 6.07) is 10.2. The van der Waals surface area contributed by atoms with Crippen molar-refractivity contribution in [3.05, 3.63) is 35.9 Å². The van der Waals surface area contributed by atoms with Crippen molar-refractivity contribution in [2.24, 2.45) is 11.3 Å². The van der Waals surface area contributed by atoms with Gasteiger partial charge in [-0.25, -0.2) is 4.79 Å². The topological polar surface area (TPSA) is 59.1 Å². The van der Waals surface area contributed by atoms with Crippen LogP contribution in [0.3, 0.4) is 0 Å². The molecular weight excluding hydrogens is 332 g/mol. The van der Waals surface area contributed by atoms with Gasteiger partial charge in [0, 0.05) is 38.6 Å². The fourth-order valence-corrected chi connectivity index (χ4v) is 4.09. The maximum absolute atomic E-state index is 12.6. The summed E-state index contributed by atoms with van der Waals surface area (Å²) in [6.45, 7) is 8.57. The average molecular weight is 360 g/mol. The van der Waals surface area contributed by atoms with Crippen molar-refractivity contribution in [1.29, 1.82) is 0 Å². The molecule has 0 radical (unpaired) electrons. The van der Waals surface area contributed by atoms with Gasteiger partial charge >= 0.3 is 12.1 Å². The van der Waals surface area contributed by atoms with Crippen LogP contribution in [0.5, 0.6) is 0 Å². The molecule has 2 heterocycles. The summed E-state index contributed by atoms with van der Waals surface area (Å²) in [7, 11) is 1.42. The molecule has 3 rings (SSSR count). The molecular formula is C20H28N2O4. The SMILES string of the molecule is COC(=O)[C@]12CN(Cc3ccccc3)C[C@@H]1CN(C(=O)OC(C)(C)C)C2. The molecule has 0 aliphatic carbocycles. The van der Waals surface area contributed by atoms with E-state index in [0.717, 1.165) is 13.1 Å². The molecule has 142 valence electrons. The molecule has 2 fully saturated rings. The summed E-state index contributed by atoms with van der Waals surface area (Å²) >= 11 is 0. The average Bonchev–Trinajstić information content (AvgIpc) is 3.08. The number of hydrogen-bond acceptors (Lipinski definition) is 5. The highest BCUT2D eigenvalue weighted by Crippen LogP contribution is 2.44. The van der Waals surface area contributed by atoms with Gasteiger partial charge in [-0.15, -0.1) is 0 Å². The zero-order valence-electron chi connectivity index (χ0n) is 16.0. The molecule has 6 heteroatoms. The first kappa shape index (κ1) is 18.7. The Kier molecular flexibility index (Phi) is 4.97. The quantitative estimate of drug-likeness (QED) is 0.775. The van der Waals surface area contributed by atoms with E-state index in [1.54, 1.807) is 4.90 Å². The lowest BCUT2D eigenvalue weighted by atomic mass is 9.81. The molecule has 0 spiro atoms. The van der Waals surface area contributed by atoms with Gasteiger partial charge in [0.2, 0.25) is 0 Å². The van der Waals surface area contributed by atoms with E-state index >= 15 is 0 Å². The first-order valence-electron chi connectivity index (χ1n) is 9.06. The van der Waals surface area contributed by atoms with Crippen LogP contribution in [0.4, 0.5) is 4.79 Å². The second-order valence-electron chi connectivity index (χ2n) is 8.36. The Bertz CT molecular complexity index is 670. The third-order valence-corrected chi connectivity index (χ3v) is 5.17. The second-order valence-corrected chi connectivity index (χ2v) is 8.36. The van der Waals surface area contributed by atoms with E-state index in [4.69, 9.17) is 9.47 Å². The molecule has 0 bridgehead atoms. The summed E-state index contributed by atoms with van der Waals surface area (Å²) in [5.41, 5.74) is 0.00368. The van der Waals surface area contributed by atoms with Crippen molar-refractivity contribution in [1.82, 2.24) is 9.80 Å². The summed E-state index contributed by atoms with van der Waals surface area (Å²) in [5, 5.41) is 0. The Morgan fingerprint density at radius 1 is 1.15 bits per heavy atom. The molecule has 2 aliphatic heterocycles. The van der Waals surface area contributed by atoms with Crippen molar-refractivity contribution in [3.8, 4) is 0 Å². The van der Waals surface area contributed by atoms with Crippen LogP contribution >= 0.6 is 0 Å². The van der Waals surface area contributed by atoms with E-state index in [1.807, 2.05) is 39.0 Å². The fourth-order valence-electron chi connectivity index (χ4n) is 4.09. The fraction of sp³-hybridized carbons (Fsp3) is 0.600. The number of ether oxygens (including phenoxy) is 2. The highest BCUT2D eigenvalue weighted by atomic mass is 16.6. The molecule has 2 aliphatic rings. The van der Waals surface area contributed by atoms with Crippen LogP contribution in [-0.2, 0) is 20.8 Å². The summed E-state index contributed by atoms with van der Waals surface area (Å²) in [5.74, 6) is -0.171. The van der Waals surface area contributed by atoms with Crippen LogP contribution in [0.1, 0.15) is 26.3 Å². The van der Waals surface area contributed by atoms with Crippen LogP contribution in [0.2, 0.25) is 0 Å². The number of amides is 1. The zero-order chi connectivity index (χ0) is 18.9. The third kappa shape index (κ3) is 3.70. The summed E-state index contributed by atoms with van der Waals surface area (Å²) in [6.07, 6.45) is -0.357. The standard InChI is InChI=1S/C20H28N2O4/c1-19(2,3)26-18(24)22-12-16-11-21(10-15-8-6-5-7-9-15)13-20(16,14-22)17(23)25-4/h5-9,16H,10-14H2,1-4H3/t16-,20+/m1/s1. The minimum atomic E-state index is -0.666. The summed E-state index contributed by atoms with van der Waals surface area (Å²) in [4.78, 5) is 29.0. The predicted octanol–water partition coefficient (Wildman–Crippen LogP) is 2.53. The molecule has 6 nitrogen and oxygen atoms in total. The molecule has 2 atom stereocenters. The van der Waals surface area contributed by atoms with Crippen LogP contribution in [0.15, 0.2) is 30.3 Å². The number of benzene rings is 1. The number of carbonyl (C=O) groups is 2. The minimum absolute atomic E-state index is 0.0613. The minimum Gasteiger partial charge on any atom is -0.468 e. The van der Waals surface area contributed by atoms with Gasteiger partial charge in [-0.2, -0.15) is 0 Å². The molecule has 26 heavy (non-hydrogen) atoms. The first-order valence-corrected chi connectivity index (χ1v) is 9.06. The second kappa shape index (κ2) is 6.91. The van der Waals surface area contributed by atoms with Crippen LogP contribution < -0.4 is 0 Å². The van der Waals surface area contributed by atoms with Gasteiger partial charge in [-0.05, 0) is 26.3 Å². The molecule has 0 aromatic heterocycles. The van der Waals surface area contributed by atoms with Gasteiger partial charge in [0.25, 0.3) is 0 Å². The van der Waals surface area contributed by atoms with Gasteiger partial charge in [-0.1, -0.05) is 30.3 Å². The Morgan fingerprint density at radius 2 is 1.85 bits per heavy atom. The van der Waals surface area contributed by atoms with E-state index in [2.05, 4.69) is 17.0 Å². The highest BCUT2D eigenvalue weighted by Gasteiger charge is 2.59. The molecule has 0 N–H and O–H groups in total. The summed E-state index contributed by atoms with van der Waals surface area (Å²) < 4.78 is 10.6. The predicted molar refractivity (Wildman–Crippen MR) is 97.5 cm³/mol. The number of likely N-dealkylation sites (tertiary alicyclic amines) is 2. The number of carbonyl (C=O) groups excluding carboxylic acids is 2. The van der Waals surface area contributed by atoms with Crippen molar-refractivity contribution in [3.63, 3.8) is 0 Å². The van der Waals surface area contributed by atoms with E-state index in [-0.39, 0.29) is 18.0 Å². The molecule has 1 amide bonds. The van der Waals surface area contributed by atoms with Crippen molar-refractivity contribution in [2.45, 2.75) is 32.9 Å². The lowest BCUT2D eigenvalue weighted by Crippen LogP contribution is -2.43. The van der Waals surface area contributed by atoms with Gasteiger partial charge in [-0.3, -0.25) is 9.69 Å². The van der Waals surface area contributed by atoms with E-state index in [0.29, 0.717) is 19.6 Å². The Balaban J connectivity index is 1.73. The van der Waals surface area contributed by atoms with E-state index < -0.39 is 11.0 Å². The number of methoxy groups -OCH3 is 1. The largest absolute Gasteiger partial charge is 0.468 e. The van der Waals surface area contributed by atoms with Crippen LogP contribution in [0, 0.1) is 11.3 Å². The van der Waals surface area contributed by atoms with Gasteiger partial charge < -0.3 is 14.4 Å². The highest BCUT2D eigenvalue weighted by molar-refractivity contribution is 5.81. The van der Waals surface area contributed by atoms with Crippen molar-refractivity contribution >= 4 is 12.1 Å². The van der Waals surface area contributed by atoms with Crippen molar-refractivity contribution in [2.75, 3.05) is 33.3 Å². The maximum atomic E-state index is 12.6. The molecule has 1 aromatic carbocycles. The van der Waals surface area contributed by atoms with E-state index in [9.17, 15) is 9.59 Å². The lowest BCUT2D eigenvalue weighted by molar-refractivity contribution is -0.152. The Labute approximate surface area is 155 Å². The normalized spacial score (nSPS) is 25.8. The number of rotatable bonds is 3. The molecule has 0 saturated carbocycles. The van der Waals surface area contributed by atoms with Gasteiger partial charge in [0.1, 0.15) is 11.0 Å². The molecule has 0 unspecified atom stereocenters. The third-order valence-electron chi connectivity index (χ3n) is 5.17. The Morgan fingerprint density at radius 3 is 2.46 bits per heavy atom. The molecule has 2 saturated heterocycles. The number of nitrogens with zero attached hydrogens (tertiary/aromatic N) is 2.